The first-order valence-corrected chi connectivity index (χ1v) is 5.79. The first kappa shape index (κ1) is 15.7. The summed E-state index contributed by atoms with van der Waals surface area (Å²) in [5.41, 5.74) is -0.539. The van der Waals surface area contributed by atoms with E-state index in [1.807, 2.05) is 0 Å². The van der Waals surface area contributed by atoms with Gasteiger partial charge in [0.15, 0.2) is 0 Å². The van der Waals surface area contributed by atoms with E-state index in [4.69, 9.17) is 9.47 Å². The van der Waals surface area contributed by atoms with E-state index in [9.17, 15) is 9.59 Å². The van der Waals surface area contributed by atoms with Crippen molar-refractivity contribution in [2.75, 3.05) is 0 Å². The number of alkyl carbamates (subject to hydrolysis) is 1. The molecule has 5 nitrogen and oxygen atoms in total. The number of hydrogen-bond acceptors (Lipinski definition) is 4. The molecule has 0 fully saturated rings. The van der Waals surface area contributed by atoms with Crippen molar-refractivity contribution in [2.45, 2.75) is 65.7 Å². The molecule has 17 heavy (non-hydrogen) atoms. The molecule has 1 amide bonds. The number of esters is 1. The zero-order valence-electron chi connectivity index (χ0n) is 11.5. The van der Waals surface area contributed by atoms with Gasteiger partial charge in [0, 0.05) is 6.04 Å². The van der Waals surface area contributed by atoms with Gasteiger partial charge in [-0.25, -0.2) is 4.79 Å². The zero-order chi connectivity index (χ0) is 13.6. The molecule has 0 aromatic carbocycles. The third-order valence-electron chi connectivity index (χ3n) is 1.60. The van der Waals surface area contributed by atoms with Crippen molar-refractivity contribution in [1.29, 1.82) is 0 Å². The quantitative estimate of drug-likeness (QED) is 0.771. The first-order chi connectivity index (χ1) is 7.60. The maximum atomic E-state index is 11.4. The molecule has 1 atom stereocenters. The van der Waals surface area contributed by atoms with Crippen LogP contribution in [0, 0.1) is 0 Å². The standard InChI is InChI=1S/C12H23NO4/c1-8(2)16-10(14)7-9(3)13-11(15)17-12(4,5)6/h8-9H,7H2,1-6H3,(H,13,15)/t9-/m0/s1. The maximum Gasteiger partial charge on any atom is 0.407 e. The summed E-state index contributed by atoms with van der Waals surface area (Å²) in [6.45, 7) is 10.6. The Bertz CT molecular complexity index is 268. The van der Waals surface area contributed by atoms with Gasteiger partial charge in [0.05, 0.1) is 12.5 Å². The van der Waals surface area contributed by atoms with Crippen molar-refractivity contribution in [3.05, 3.63) is 0 Å². The molecule has 0 aliphatic carbocycles. The fraction of sp³-hybridized carbons (Fsp3) is 0.833. The number of carbonyl (C=O) groups is 2. The lowest BCUT2D eigenvalue weighted by molar-refractivity contribution is -0.147. The van der Waals surface area contributed by atoms with E-state index < -0.39 is 11.7 Å². The van der Waals surface area contributed by atoms with Crippen LogP contribution < -0.4 is 5.32 Å². The Kier molecular flexibility index (Phi) is 5.99. The molecule has 0 rings (SSSR count). The van der Waals surface area contributed by atoms with Gasteiger partial charge in [0.1, 0.15) is 5.60 Å². The molecule has 5 heteroatoms. The van der Waals surface area contributed by atoms with Crippen molar-refractivity contribution < 1.29 is 19.1 Å². The molecule has 0 heterocycles. The molecule has 0 saturated carbocycles. The minimum atomic E-state index is -0.539. The van der Waals surface area contributed by atoms with Gasteiger partial charge < -0.3 is 14.8 Å². The molecule has 0 aliphatic heterocycles. The van der Waals surface area contributed by atoms with E-state index in [-0.39, 0.29) is 24.5 Å². The zero-order valence-corrected chi connectivity index (χ0v) is 11.5. The van der Waals surface area contributed by atoms with E-state index in [0.717, 1.165) is 0 Å². The normalized spacial score (nSPS) is 13.1. The first-order valence-electron chi connectivity index (χ1n) is 5.79. The van der Waals surface area contributed by atoms with E-state index in [1.54, 1.807) is 41.5 Å². The van der Waals surface area contributed by atoms with Crippen molar-refractivity contribution in [3.8, 4) is 0 Å². The second-order valence-electron chi connectivity index (χ2n) is 5.29. The largest absolute Gasteiger partial charge is 0.463 e. The summed E-state index contributed by atoms with van der Waals surface area (Å²) in [7, 11) is 0. The van der Waals surface area contributed by atoms with E-state index in [2.05, 4.69) is 5.32 Å². The Labute approximate surface area is 103 Å². The lowest BCUT2D eigenvalue weighted by Gasteiger charge is -2.21. The molecule has 1 N–H and O–H groups in total. The van der Waals surface area contributed by atoms with Crippen LogP contribution in [0.2, 0.25) is 0 Å². The van der Waals surface area contributed by atoms with E-state index >= 15 is 0 Å². The van der Waals surface area contributed by atoms with E-state index in [0.29, 0.717) is 0 Å². The molecule has 100 valence electrons. The van der Waals surface area contributed by atoms with Gasteiger partial charge in [-0.1, -0.05) is 0 Å². The number of ether oxygens (including phenoxy) is 2. The summed E-state index contributed by atoms with van der Waals surface area (Å²) in [5, 5.41) is 2.58. The van der Waals surface area contributed by atoms with Crippen LogP contribution in [0.25, 0.3) is 0 Å². The SMILES string of the molecule is CC(C)OC(=O)C[C@H](C)NC(=O)OC(C)(C)C. The Morgan fingerprint density at radius 1 is 1.18 bits per heavy atom. The van der Waals surface area contributed by atoms with Crippen molar-refractivity contribution in [2.24, 2.45) is 0 Å². The second kappa shape index (κ2) is 6.47. The molecule has 0 saturated heterocycles. The summed E-state index contributed by atoms with van der Waals surface area (Å²) in [4.78, 5) is 22.7. The van der Waals surface area contributed by atoms with Crippen LogP contribution in [-0.4, -0.2) is 29.8 Å². The highest BCUT2D eigenvalue weighted by atomic mass is 16.6. The highest BCUT2D eigenvalue weighted by Gasteiger charge is 2.19. The van der Waals surface area contributed by atoms with Crippen LogP contribution in [0.3, 0.4) is 0 Å². The lowest BCUT2D eigenvalue weighted by atomic mass is 10.2. The summed E-state index contributed by atoms with van der Waals surface area (Å²) in [6, 6.07) is -0.309. The summed E-state index contributed by atoms with van der Waals surface area (Å²) >= 11 is 0. The van der Waals surface area contributed by atoms with Crippen LogP contribution in [0.15, 0.2) is 0 Å². The fourth-order valence-corrected chi connectivity index (χ4v) is 1.12. The molecular weight excluding hydrogens is 222 g/mol. The predicted octanol–water partition coefficient (Wildman–Crippen LogP) is 2.24. The minimum Gasteiger partial charge on any atom is -0.463 e. The average molecular weight is 245 g/mol. The van der Waals surface area contributed by atoms with Crippen molar-refractivity contribution >= 4 is 12.1 Å². The Morgan fingerprint density at radius 3 is 2.12 bits per heavy atom. The second-order valence-corrected chi connectivity index (χ2v) is 5.29. The Hall–Kier alpha value is -1.26. The van der Waals surface area contributed by atoms with Gasteiger partial charge in [0.25, 0.3) is 0 Å². The van der Waals surface area contributed by atoms with Crippen LogP contribution in [0.5, 0.6) is 0 Å². The minimum absolute atomic E-state index is 0.136. The van der Waals surface area contributed by atoms with Crippen LogP contribution in [0.1, 0.15) is 48.0 Å². The highest BCUT2D eigenvalue weighted by molar-refractivity contribution is 5.72. The monoisotopic (exact) mass is 245 g/mol. The molecule has 0 aromatic rings. The van der Waals surface area contributed by atoms with E-state index in [1.165, 1.54) is 0 Å². The summed E-state index contributed by atoms with van der Waals surface area (Å²) in [5.74, 6) is -0.330. The number of carbonyl (C=O) groups excluding carboxylic acids is 2. The number of rotatable bonds is 4. The number of amides is 1. The third-order valence-corrected chi connectivity index (χ3v) is 1.60. The summed E-state index contributed by atoms with van der Waals surface area (Å²) in [6.07, 6.45) is -0.532. The van der Waals surface area contributed by atoms with Gasteiger partial charge >= 0.3 is 12.1 Å². The molecule has 0 radical (unpaired) electrons. The maximum absolute atomic E-state index is 11.4. The molecule has 0 unspecified atom stereocenters. The third kappa shape index (κ3) is 9.66. The Morgan fingerprint density at radius 2 is 1.71 bits per heavy atom. The number of hydrogen-bond donors (Lipinski definition) is 1. The van der Waals surface area contributed by atoms with Gasteiger partial charge in [-0.3, -0.25) is 4.79 Å². The van der Waals surface area contributed by atoms with Gasteiger partial charge in [0.2, 0.25) is 0 Å². The smallest absolute Gasteiger partial charge is 0.407 e. The lowest BCUT2D eigenvalue weighted by Crippen LogP contribution is -2.39. The van der Waals surface area contributed by atoms with Crippen LogP contribution in [-0.2, 0) is 14.3 Å². The van der Waals surface area contributed by atoms with Gasteiger partial charge in [-0.2, -0.15) is 0 Å². The van der Waals surface area contributed by atoms with Gasteiger partial charge in [-0.05, 0) is 41.5 Å². The van der Waals surface area contributed by atoms with Gasteiger partial charge in [-0.15, -0.1) is 0 Å². The molecule has 0 aliphatic rings. The number of nitrogens with one attached hydrogen (secondary N) is 1. The summed E-state index contributed by atoms with van der Waals surface area (Å²) < 4.78 is 10.0. The fourth-order valence-electron chi connectivity index (χ4n) is 1.12. The topological polar surface area (TPSA) is 64.6 Å². The molecule has 0 spiro atoms. The van der Waals surface area contributed by atoms with Crippen molar-refractivity contribution in [3.63, 3.8) is 0 Å². The molecule has 0 aromatic heterocycles. The Balaban J connectivity index is 3.97. The molecule has 0 bridgehead atoms. The molecular formula is C12H23NO4. The van der Waals surface area contributed by atoms with Crippen LogP contribution >= 0.6 is 0 Å². The highest BCUT2D eigenvalue weighted by Crippen LogP contribution is 2.07. The predicted molar refractivity (Wildman–Crippen MR) is 64.7 cm³/mol. The van der Waals surface area contributed by atoms with Crippen LogP contribution in [0.4, 0.5) is 4.79 Å². The van der Waals surface area contributed by atoms with Crippen molar-refractivity contribution in [1.82, 2.24) is 5.32 Å². The average Bonchev–Trinajstić information content (AvgIpc) is 1.95.